The van der Waals surface area contributed by atoms with Crippen molar-refractivity contribution in [3.63, 3.8) is 0 Å². The molecule has 0 saturated carbocycles. The number of benzene rings is 2. The van der Waals surface area contributed by atoms with Crippen LogP contribution in [0.4, 0.5) is 0 Å². The van der Waals surface area contributed by atoms with E-state index < -0.39 is 6.04 Å². The number of hydrogen-bond acceptors (Lipinski definition) is 4. The van der Waals surface area contributed by atoms with Gasteiger partial charge in [0.15, 0.2) is 0 Å². The average molecular weight is 382 g/mol. The molecule has 1 saturated heterocycles. The Bertz CT molecular complexity index is 740. The third-order valence-electron chi connectivity index (χ3n) is 5.57. The number of rotatable bonds is 7. The van der Waals surface area contributed by atoms with E-state index in [4.69, 9.17) is 5.73 Å². The highest BCUT2D eigenvalue weighted by Gasteiger charge is 2.24. The molecule has 28 heavy (non-hydrogen) atoms. The van der Waals surface area contributed by atoms with Crippen LogP contribution in [0, 0.1) is 5.92 Å². The summed E-state index contributed by atoms with van der Waals surface area (Å²) in [6, 6.07) is 16.9. The number of phenolic OH excluding ortho intramolecular Hbond substituents is 1. The first-order valence-corrected chi connectivity index (χ1v) is 10.1. The maximum absolute atomic E-state index is 12.6. The van der Waals surface area contributed by atoms with Crippen LogP contribution in [-0.2, 0) is 17.8 Å². The van der Waals surface area contributed by atoms with Crippen molar-refractivity contribution in [1.29, 1.82) is 0 Å². The zero-order valence-electron chi connectivity index (χ0n) is 16.6. The lowest BCUT2D eigenvalue weighted by molar-refractivity contribution is -0.132. The second kappa shape index (κ2) is 9.71. The first kappa shape index (κ1) is 20.4. The van der Waals surface area contributed by atoms with Crippen molar-refractivity contribution in [3.05, 3.63) is 65.7 Å². The van der Waals surface area contributed by atoms with E-state index in [2.05, 4.69) is 35.2 Å². The Hall–Kier alpha value is -2.37. The average Bonchev–Trinajstić information content (AvgIpc) is 2.71. The summed E-state index contributed by atoms with van der Waals surface area (Å²) in [7, 11) is 1.86. The molecule has 0 bridgehead atoms. The number of piperidine rings is 1. The first-order valence-electron chi connectivity index (χ1n) is 10.1. The first-order chi connectivity index (χ1) is 13.5. The lowest BCUT2D eigenvalue weighted by Gasteiger charge is -2.34. The molecule has 1 aliphatic heterocycles. The maximum atomic E-state index is 12.6. The summed E-state index contributed by atoms with van der Waals surface area (Å²) in [6.45, 7) is 3.91. The van der Waals surface area contributed by atoms with Crippen molar-refractivity contribution in [2.75, 3.05) is 26.7 Å². The number of nitrogens with two attached hydrogens (primary N) is 1. The SMILES string of the molecule is CN(CC1CCN(Cc2ccccc2)CC1)C(=O)C(N)Cc1ccc(O)cc1. The molecule has 0 aliphatic carbocycles. The highest BCUT2D eigenvalue weighted by molar-refractivity contribution is 5.81. The van der Waals surface area contributed by atoms with Crippen molar-refractivity contribution >= 4 is 5.91 Å². The molecule has 0 aromatic heterocycles. The highest BCUT2D eigenvalue weighted by Crippen LogP contribution is 2.20. The van der Waals surface area contributed by atoms with Crippen LogP contribution in [0.3, 0.4) is 0 Å². The molecular weight excluding hydrogens is 350 g/mol. The van der Waals surface area contributed by atoms with Crippen molar-refractivity contribution in [2.24, 2.45) is 11.7 Å². The molecule has 5 heteroatoms. The van der Waals surface area contributed by atoms with Gasteiger partial charge in [-0.15, -0.1) is 0 Å². The molecule has 150 valence electrons. The van der Waals surface area contributed by atoms with Crippen molar-refractivity contribution in [1.82, 2.24) is 9.80 Å². The Morgan fingerprint density at radius 1 is 1.11 bits per heavy atom. The molecule has 1 atom stereocenters. The Morgan fingerprint density at radius 3 is 2.39 bits per heavy atom. The summed E-state index contributed by atoms with van der Waals surface area (Å²) in [4.78, 5) is 16.9. The minimum atomic E-state index is -0.548. The summed E-state index contributed by atoms with van der Waals surface area (Å²) in [5.41, 5.74) is 8.45. The van der Waals surface area contributed by atoms with Gasteiger partial charge in [0.25, 0.3) is 0 Å². The molecule has 0 spiro atoms. The third kappa shape index (κ3) is 5.81. The molecule has 1 heterocycles. The summed E-state index contributed by atoms with van der Waals surface area (Å²) in [6.07, 6.45) is 2.70. The minimum absolute atomic E-state index is 0.0141. The van der Waals surface area contributed by atoms with Gasteiger partial charge in [-0.05, 0) is 61.5 Å². The van der Waals surface area contributed by atoms with E-state index in [9.17, 15) is 9.90 Å². The van der Waals surface area contributed by atoms with Gasteiger partial charge < -0.3 is 15.7 Å². The largest absolute Gasteiger partial charge is 0.508 e. The quantitative estimate of drug-likeness (QED) is 0.774. The van der Waals surface area contributed by atoms with Crippen LogP contribution in [0.15, 0.2) is 54.6 Å². The topological polar surface area (TPSA) is 69.8 Å². The Morgan fingerprint density at radius 2 is 1.75 bits per heavy atom. The normalized spacial score (nSPS) is 16.6. The summed E-state index contributed by atoms with van der Waals surface area (Å²) >= 11 is 0. The molecule has 2 aromatic rings. The van der Waals surface area contributed by atoms with Crippen LogP contribution in [-0.4, -0.2) is 53.5 Å². The van der Waals surface area contributed by atoms with Gasteiger partial charge >= 0.3 is 0 Å². The van der Waals surface area contributed by atoms with Crippen LogP contribution in [0.2, 0.25) is 0 Å². The van der Waals surface area contributed by atoms with E-state index in [1.54, 1.807) is 17.0 Å². The molecule has 1 unspecified atom stereocenters. The van der Waals surface area contributed by atoms with Crippen LogP contribution in [0.25, 0.3) is 0 Å². The molecular formula is C23H31N3O2. The summed E-state index contributed by atoms with van der Waals surface area (Å²) in [5.74, 6) is 0.737. The van der Waals surface area contributed by atoms with Gasteiger partial charge in [0.2, 0.25) is 5.91 Å². The number of phenols is 1. The molecule has 2 aromatic carbocycles. The summed E-state index contributed by atoms with van der Waals surface area (Å²) < 4.78 is 0. The van der Waals surface area contributed by atoms with E-state index >= 15 is 0 Å². The zero-order chi connectivity index (χ0) is 19.9. The molecule has 3 N–H and O–H groups in total. The van der Waals surface area contributed by atoms with Crippen molar-refractivity contribution in [3.8, 4) is 5.75 Å². The summed E-state index contributed by atoms with van der Waals surface area (Å²) in [5, 5.41) is 9.36. The van der Waals surface area contributed by atoms with Gasteiger partial charge in [0.1, 0.15) is 5.75 Å². The smallest absolute Gasteiger partial charge is 0.239 e. The standard InChI is InChI=1S/C23H31N3O2/c1-25(23(28)22(24)15-18-7-9-21(27)10-8-18)16-20-11-13-26(14-12-20)17-19-5-3-2-4-6-19/h2-10,20,22,27H,11-17,24H2,1H3. The number of aromatic hydroxyl groups is 1. The van der Waals surface area contributed by atoms with Gasteiger partial charge in [0, 0.05) is 20.1 Å². The van der Waals surface area contributed by atoms with E-state index in [0.29, 0.717) is 12.3 Å². The number of likely N-dealkylation sites (tertiary alicyclic amines) is 1. The highest BCUT2D eigenvalue weighted by atomic mass is 16.3. The van der Waals surface area contributed by atoms with Gasteiger partial charge in [-0.3, -0.25) is 9.69 Å². The monoisotopic (exact) mass is 381 g/mol. The molecule has 1 amide bonds. The van der Waals surface area contributed by atoms with Gasteiger partial charge in [-0.25, -0.2) is 0 Å². The number of nitrogens with zero attached hydrogens (tertiary/aromatic N) is 2. The maximum Gasteiger partial charge on any atom is 0.239 e. The van der Waals surface area contributed by atoms with Gasteiger partial charge in [-0.2, -0.15) is 0 Å². The van der Waals surface area contributed by atoms with Crippen molar-refractivity contribution < 1.29 is 9.90 Å². The van der Waals surface area contributed by atoms with Crippen LogP contribution >= 0.6 is 0 Å². The molecule has 0 radical (unpaired) electrons. The zero-order valence-corrected chi connectivity index (χ0v) is 16.6. The molecule has 3 rings (SSSR count). The fraction of sp³-hybridized carbons (Fsp3) is 0.435. The predicted octanol–water partition coefficient (Wildman–Crippen LogP) is 2.63. The van der Waals surface area contributed by atoms with Gasteiger partial charge in [-0.1, -0.05) is 42.5 Å². The number of carbonyl (C=O) groups excluding carboxylic acids is 1. The van der Waals surface area contributed by atoms with E-state index in [1.165, 1.54) is 5.56 Å². The minimum Gasteiger partial charge on any atom is -0.508 e. The van der Waals surface area contributed by atoms with E-state index in [-0.39, 0.29) is 11.7 Å². The fourth-order valence-corrected chi connectivity index (χ4v) is 3.90. The second-order valence-corrected chi connectivity index (χ2v) is 7.90. The number of amides is 1. The Labute approximate surface area is 167 Å². The molecule has 1 aliphatic rings. The molecule has 5 nitrogen and oxygen atoms in total. The second-order valence-electron chi connectivity index (χ2n) is 7.90. The van der Waals surface area contributed by atoms with Gasteiger partial charge in [0.05, 0.1) is 6.04 Å². The fourth-order valence-electron chi connectivity index (χ4n) is 3.90. The van der Waals surface area contributed by atoms with E-state index in [1.807, 2.05) is 19.2 Å². The Kier molecular flexibility index (Phi) is 7.06. The van der Waals surface area contributed by atoms with Crippen molar-refractivity contribution in [2.45, 2.75) is 31.8 Å². The lowest BCUT2D eigenvalue weighted by atomic mass is 9.95. The number of likely N-dealkylation sites (N-methyl/N-ethyl adjacent to an activating group) is 1. The third-order valence-corrected chi connectivity index (χ3v) is 5.57. The Balaban J connectivity index is 1.42. The van der Waals surface area contributed by atoms with E-state index in [0.717, 1.165) is 44.6 Å². The molecule has 1 fully saturated rings. The van der Waals surface area contributed by atoms with Crippen LogP contribution in [0.5, 0.6) is 5.75 Å². The predicted molar refractivity (Wildman–Crippen MR) is 112 cm³/mol. The number of carbonyl (C=O) groups is 1. The lowest BCUT2D eigenvalue weighted by Crippen LogP contribution is -2.46. The van der Waals surface area contributed by atoms with Crippen LogP contribution in [0.1, 0.15) is 24.0 Å². The number of hydrogen-bond donors (Lipinski definition) is 2. The van der Waals surface area contributed by atoms with Crippen LogP contribution < -0.4 is 5.73 Å².